The maximum Gasteiger partial charge on any atom is 0.125 e. The lowest BCUT2D eigenvalue weighted by Crippen LogP contribution is -2.27. The highest BCUT2D eigenvalue weighted by atomic mass is 16.5. The molecule has 0 amide bonds. The molecule has 0 heterocycles. The van der Waals surface area contributed by atoms with Gasteiger partial charge in [-0.3, -0.25) is 0 Å². The Hall–Kier alpha value is -0.370. The normalized spacial score (nSPS) is 15.8. The molecule has 0 radical (unpaired) electrons. The molecule has 0 aromatic heterocycles. The van der Waals surface area contributed by atoms with Crippen molar-refractivity contribution < 1.29 is 9.53 Å². The second-order valence-corrected chi connectivity index (χ2v) is 5.59. The molecule has 0 N–H and O–H groups in total. The van der Waals surface area contributed by atoms with Gasteiger partial charge in [0.05, 0.1) is 12.2 Å². The van der Waals surface area contributed by atoms with E-state index in [1.807, 2.05) is 6.92 Å². The number of carbonyl (C=O) groups is 1. The quantitative estimate of drug-likeness (QED) is 0.561. The van der Waals surface area contributed by atoms with Crippen molar-refractivity contribution in [3.8, 4) is 0 Å². The van der Waals surface area contributed by atoms with Crippen molar-refractivity contribution in [3.05, 3.63) is 0 Å². The van der Waals surface area contributed by atoms with Crippen LogP contribution in [0.2, 0.25) is 0 Å². The minimum Gasteiger partial charge on any atom is -0.375 e. The largest absolute Gasteiger partial charge is 0.375 e. The predicted octanol–water partition coefficient (Wildman–Crippen LogP) is 3.83. The SMILES string of the molecule is CCC(C)CCCC(C)(C)OCC(C)C=O. The predicted molar refractivity (Wildman–Crippen MR) is 68.6 cm³/mol. The van der Waals surface area contributed by atoms with E-state index in [9.17, 15) is 4.79 Å². The first-order valence-electron chi connectivity index (χ1n) is 6.50. The first-order valence-corrected chi connectivity index (χ1v) is 6.50. The highest BCUT2D eigenvalue weighted by Crippen LogP contribution is 2.21. The molecule has 96 valence electrons. The Labute approximate surface area is 101 Å². The molecule has 0 saturated heterocycles. The number of hydrogen-bond donors (Lipinski definition) is 0. The van der Waals surface area contributed by atoms with Crippen LogP contribution in [0.25, 0.3) is 0 Å². The average Bonchev–Trinajstić information content (AvgIpc) is 2.25. The zero-order chi connectivity index (χ0) is 12.6. The highest BCUT2D eigenvalue weighted by molar-refractivity contribution is 5.52. The molecule has 2 atom stereocenters. The molecule has 0 aromatic rings. The van der Waals surface area contributed by atoms with Gasteiger partial charge in [0.15, 0.2) is 0 Å². The molecule has 2 nitrogen and oxygen atoms in total. The van der Waals surface area contributed by atoms with Gasteiger partial charge in [0.2, 0.25) is 0 Å². The Kier molecular flexibility index (Phi) is 7.65. The molecule has 0 rings (SSSR count). The maximum absolute atomic E-state index is 10.5. The van der Waals surface area contributed by atoms with Gasteiger partial charge in [-0.2, -0.15) is 0 Å². The summed E-state index contributed by atoms with van der Waals surface area (Å²) < 4.78 is 5.77. The third-order valence-electron chi connectivity index (χ3n) is 3.14. The standard InChI is InChI=1S/C14H28O2/c1-6-12(2)8-7-9-14(4,5)16-11-13(3)10-15/h10,12-13H,6-9,11H2,1-5H3. The van der Waals surface area contributed by atoms with Crippen LogP contribution in [-0.2, 0) is 9.53 Å². The molecule has 0 aliphatic carbocycles. The molecule has 2 unspecified atom stereocenters. The van der Waals surface area contributed by atoms with Crippen molar-refractivity contribution in [1.82, 2.24) is 0 Å². The van der Waals surface area contributed by atoms with E-state index < -0.39 is 0 Å². The third kappa shape index (κ3) is 7.86. The van der Waals surface area contributed by atoms with Gasteiger partial charge in [0.25, 0.3) is 0 Å². The van der Waals surface area contributed by atoms with E-state index in [4.69, 9.17) is 4.74 Å². The molecule has 0 aromatic carbocycles. The Morgan fingerprint density at radius 3 is 2.44 bits per heavy atom. The fourth-order valence-electron chi connectivity index (χ4n) is 1.55. The van der Waals surface area contributed by atoms with Crippen molar-refractivity contribution >= 4 is 6.29 Å². The minimum atomic E-state index is -0.0925. The molecule has 0 fully saturated rings. The minimum absolute atomic E-state index is 0.00819. The van der Waals surface area contributed by atoms with E-state index in [2.05, 4.69) is 27.7 Å². The summed E-state index contributed by atoms with van der Waals surface area (Å²) in [7, 11) is 0. The summed E-state index contributed by atoms with van der Waals surface area (Å²) >= 11 is 0. The lowest BCUT2D eigenvalue weighted by Gasteiger charge is -2.26. The maximum atomic E-state index is 10.5. The summed E-state index contributed by atoms with van der Waals surface area (Å²) in [5.41, 5.74) is -0.0925. The van der Waals surface area contributed by atoms with Gasteiger partial charge >= 0.3 is 0 Å². The number of aldehydes is 1. The number of rotatable bonds is 9. The van der Waals surface area contributed by atoms with Crippen LogP contribution >= 0.6 is 0 Å². The van der Waals surface area contributed by atoms with Crippen molar-refractivity contribution in [2.24, 2.45) is 11.8 Å². The molecule has 0 bridgehead atoms. The summed E-state index contributed by atoms with van der Waals surface area (Å²) in [6.45, 7) is 11.2. The van der Waals surface area contributed by atoms with Crippen LogP contribution in [0.3, 0.4) is 0 Å². The van der Waals surface area contributed by atoms with Crippen LogP contribution in [0, 0.1) is 11.8 Å². The Bertz CT molecular complexity index is 187. The van der Waals surface area contributed by atoms with Gasteiger partial charge < -0.3 is 9.53 Å². The summed E-state index contributed by atoms with van der Waals surface area (Å²) in [4.78, 5) is 10.5. The average molecular weight is 228 g/mol. The smallest absolute Gasteiger partial charge is 0.125 e. The first kappa shape index (κ1) is 15.6. The lowest BCUT2D eigenvalue weighted by atomic mass is 9.95. The van der Waals surface area contributed by atoms with Crippen molar-refractivity contribution in [1.29, 1.82) is 0 Å². The van der Waals surface area contributed by atoms with E-state index in [-0.39, 0.29) is 11.5 Å². The monoisotopic (exact) mass is 228 g/mol. The van der Waals surface area contributed by atoms with Gasteiger partial charge in [-0.05, 0) is 26.2 Å². The highest BCUT2D eigenvalue weighted by Gasteiger charge is 2.19. The summed E-state index contributed by atoms with van der Waals surface area (Å²) in [6.07, 6.45) is 5.76. The molecule has 0 spiro atoms. The Balaban J connectivity index is 3.73. The fourth-order valence-corrected chi connectivity index (χ4v) is 1.55. The third-order valence-corrected chi connectivity index (χ3v) is 3.14. The second-order valence-electron chi connectivity index (χ2n) is 5.59. The van der Waals surface area contributed by atoms with Crippen LogP contribution in [0.15, 0.2) is 0 Å². The Morgan fingerprint density at radius 2 is 1.94 bits per heavy atom. The lowest BCUT2D eigenvalue weighted by molar-refractivity contribution is -0.115. The van der Waals surface area contributed by atoms with Crippen LogP contribution in [0.1, 0.15) is 60.3 Å². The number of ether oxygens (including phenoxy) is 1. The van der Waals surface area contributed by atoms with Gasteiger partial charge in [-0.25, -0.2) is 0 Å². The molecule has 0 aliphatic rings. The van der Waals surface area contributed by atoms with E-state index >= 15 is 0 Å². The molecule has 2 heteroatoms. The van der Waals surface area contributed by atoms with Crippen LogP contribution < -0.4 is 0 Å². The van der Waals surface area contributed by atoms with Crippen molar-refractivity contribution in [2.45, 2.75) is 65.9 Å². The molecule has 0 saturated carbocycles. The number of hydrogen-bond acceptors (Lipinski definition) is 2. The van der Waals surface area contributed by atoms with Gasteiger partial charge in [-0.15, -0.1) is 0 Å². The van der Waals surface area contributed by atoms with E-state index in [0.717, 1.165) is 18.6 Å². The molecule has 16 heavy (non-hydrogen) atoms. The van der Waals surface area contributed by atoms with E-state index in [1.165, 1.54) is 19.3 Å². The summed E-state index contributed by atoms with van der Waals surface area (Å²) in [5.74, 6) is 0.818. The van der Waals surface area contributed by atoms with Crippen molar-refractivity contribution in [2.75, 3.05) is 6.61 Å². The van der Waals surface area contributed by atoms with Crippen LogP contribution in [0.5, 0.6) is 0 Å². The zero-order valence-corrected chi connectivity index (χ0v) is 11.6. The van der Waals surface area contributed by atoms with E-state index in [0.29, 0.717) is 6.61 Å². The summed E-state index contributed by atoms with van der Waals surface area (Å²) in [5, 5.41) is 0. The van der Waals surface area contributed by atoms with Gasteiger partial charge in [0, 0.05) is 5.92 Å². The second kappa shape index (κ2) is 7.83. The summed E-state index contributed by atoms with van der Waals surface area (Å²) in [6, 6.07) is 0. The van der Waals surface area contributed by atoms with Crippen LogP contribution in [0.4, 0.5) is 0 Å². The fraction of sp³-hybridized carbons (Fsp3) is 0.929. The topological polar surface area (TPSA) is 26.3 Å². The molecular formula is C14H28O2. The Morgan fingerprint density at radius 1 is 1.31 bits per heavy atom. The molecule has 0 aliphatic heterocycles. The zero-order valence-electron chi connectivity index (χ0n) is 11.6. The van der Waals surface area contributed by atoms with Crippen LogP contribution in [-0.4, -0.2) is 18.5 Å². The van der Waals surface area contributed by atoms with E-state index in [1.54, 1.807) is 0 Å². The number of carbonyl (C=O) groups excluding carboxylic acids is 1. The van der Waals surface area contributed by atoms with Gasteiger partial charge in [0.1, 0.15) is 6.29 Å². The van der Waals surface area contributed by atoms with Gasteiger partial charge in [-0.1, -0.05) is 40.0 Å². The molecular weight excluding hydrogens is 200 g/mol. The first-order chi connectivity index (χ1) is 7.41. The van der Waals surface area contributed by atoms with Crippen molar-refractivity contribution in [3.63, 3.8) is 0 Å².